The van der Waals surface area contributed by atoms with Crippen LogP contribution in [0.5, 0.6) is 0 Å². The van der Waals surface area contributed by atoms with Crippen LogP contribution in [-0.4, -0.2) is 17.9 Å². The zero-order chi connectivity index (χ0) is 12.2. The molecule has 88 valence electrons. The van der Waals surface area contributed by atoms with Gasteiger partial charge in [0.1, 0.15) is 18.6 Å². The molecule has 0 amide bonds. The molecule has 16 heavy (non-hydrogen) atoms. The fourth-order valence-electron chi connectivity index (χ4n) is 0.869. The average Bonchev–Trinajstić information content (AvgIpc) is 2.16. The summed E-state index contributed by atoms with van der Waals surface area (Å²) in [5.74, 6) is -0.496. The molecule has 7 heteroatoms. The van der Waals surface area contributed by atoms with Crippen molar-refractivity contribution in [3.8, 4) is 0 Å². The third-order valence-electron chi connectivity index (χ3n) is 1.51. The molecule has 0 aliphatic carbocycles. The van der Waals surface area contributed by atoms with E-state index in [9.17, 15) is 18.0 Å². The Bertz CT molecular complexity index is 364. The predicted octanol–water partition coefficient (Wildman–Crippen LogP) is 3.82. The van der Waals surface area contributed by atoms with Gasteiger partial charge < -0.3 is 0 Å². The first kappa shape index (κ1) is 13.5. The second-order valence-electron chi connectivity index (χ2n) is 2.72. The first-order valence-electron chi connectivity index (χ1n) is 4.04. The molecule has 0 heterocycles. The van der Waals surface area contributed by atoms with E-state index < -0.39 is 29.9 Å². The average molecular weight is 315 g/mol. The van der Waals surface area contributed by atoms with Crippen molar-refractivity contribution in [1.82, 2.24) is 0 Å². The molecule has 0 saturated heterocycles. The van der Waals surface area contributed by atoms with Crippen LogP contribution in [0.25, 0.3) is 0 Å². The van der Waals surface area contributed by atoms with Gasteiger partial charge >= 0.3 is 5.51 Å². The number of rotatable bonds is 4. The third-order valence-corrected chi connectivity index (χ3v) is 2.46. The summed E-state index contributed by atoms with van der Waals surface area (Å²) < 4.78 is 40.0. The topological polar surface area (TPSA) is 26.3 Å². The minimum atomic E-state index is -4.49. The lowest BCUT2D eigenvalue weighted by molar-refractivity contribution is -0.0393. The molecule has 0 spiro atoms. The van der Waals surface area contributed by atoms with Gasteiger partial charge in [-0.1, -0.05) is 28.1 Å². The van der Waals surface area contributed by atoms with E-state index in [0.717, 1.165) is 4.47 Å². The van der Waals surface area contributed by atoms with Crippen LogP contribution in [0.4, 0.5) is 13.2 Å². The van der Waals surface area contributed by atoms with Gasteiger partial charge in [0, 0.05) is 10.0 Å². The third kappa shape index (κ3) is 5.00. The number of ketones is 1. The number of carbonyl (C=O) groups excluding carboxylic acids is 1. The summed E-state index contributed by atoms with van der Waals surface area (Å²) in [6.45, 7) is -0.605. The Labute approximate surface area is 102 Å². The quantitative estimate of drug-likeness (QED) is 0.624. The molecule has 0 aliphatic heterocycles. The molecule has 1 aromatic rings. The van der Waals surface area contributed by atoms with Crippen molar-refractivity contribution in [2.24, 2.45) is 0 Å². The fraction of sp³-hybridized carbons (Fsp3) is 0.222. The summed E-state index contributed by atoms with van der Waals surface area (Å²) in [6.07, 6.45) is 0. The maximum Gasteiger partial charge on any atom is 0.467 e. The zero-order valence-corrected chi connectivity index (χ0v) is 10.2. The molecular weight excluding hydrogens is 309 g/mol. The molecule has 0 N–H and O–H groups in total. The maximum absolute atomic E-state index is 11.7. The SMILES string of the molecule is O=C(COSC(F)(F)F)c1ccc(Br)cc1. The monoisotopic (exact) mass is 314 g/mol. The second kappa shape index (κ2) is 5.70. The van der Waals surface area contributed by atoms with Gasteiger partial charge in [0.15, 0.2) is 5.78 Å². The van der Waals surface area contributed by atoms with E-state index in [2.05, 4.69) is 20.1 Å². The summed E-state index contributed by atoms with van der Waals surface area (Å²) in [5.41, 5.74) is -4.18. The Hall–Kier alpha value is -0.530. The van der Waals surface area contributed by atoms with E-state index in [0.29, 0.717) is 5.56 Å². The molecule has 0 bridgehead atoms. The van der Waals surface area contributed by atoms with Crippen LogP contribution in [0.2, 0.25) is 0 Å². The number of benzene rings is 1. The number of hydrogen-bond donors (Lipinski definition) is 0. The van der Waals surface area contributed by atoms with E-state index in [4.69, 9.17) is 0 Å². The van der Waals surface area contributed by atoms with E-state index in [-0.39, 0.29) is 0 Å². The molecule has 0 radical (unpaired) electrons. The van der Waals surface area contributed by atoms with Crippen LogP contribution in [0.15, 0.2) is 28.7 Å². The van der Waals surface area contributed by atoms with Gasteiger partial charge in [-0.05, 0) is 12.1 Å². The molecule has 1 aromatic carbocycles. The summed E-state index contributed by atoms with van der Waals surface area (Å²) >= 11 is 2.51. The van der Waals surface area contributed by atoms with Crippen molar-refractivity contribution in [3.05, 3.63) is 34.3 Å². The molecular formula is C9H6BrF3O2S. The highest BCUT2D eigenvalue weighted by molar-refractivity contribution is 9.10. The highest BCUT2D eigenvalue weighted by Crippen LogP contribution is 2.30. The van der Waals surface area contributed by atoms with Crippen LogP contribution in [0, 0.1) is 0 Å². The van der Waals surface area contributed by atoms with Gasteiger partial charge in [-0.2, -0.15) is 13.2 Å². The van der Waals surface area contributed by atoms with Crippen molar-refractivity contribution < 1.29 is 22.1 Å². The van der Waals surface area contributed by atoms with Crippen LogP contribution in [0.1, 0.15) is 10.4 Å². The van der Waals surface area contributed by atoms with Gasteiger partial charge in [0.25, 0.3) is 0 Å². The minimum Gasteiger partial charge on any atom is -0.300 e. The molecule has 0 unspecified atom stereocenters. The summed E-state index contributed by atoms with van der Waals surface area (Å²) in [6, 6.07) is 6.27. The van der Waals surface area contributed by atoms with Gasteiger partial charge in [0.05, 0.1) is 0 Å². The largest absolute Gasteiger partial charge is 0.467 e. The van der Waals surface area contributed by atoms with Crippen molar-refractivity contribution in [1.29, 1.82) is 0 Å². The lowest BCUT2D eigenvalue weighted by atomic mass is 10.1. The van der Waals surface area contributed by atoms with E-state index in [1.807, 2.05) is 0 Å². The summed E-state index contributed by atoms with van der Waals surface area (Å²) in [7, 11) is 0. The Morgan fingerprint density at radius 1 is 1.31 bits per heavy atom. The Kier molecular flexibility index (Phi) is 4.82. The maximum atomic E-state index is 11.7. The summed E-state index contributed by atoms with van der Waals surface area (Å²) in [5, 5.41) is 0. The fourth-order valence-corrected chi connectivity index (χ4v) is 1.43. The number of alkyl halides is 3. The zero-order valence-electron chi connectivity index (χ0n) is 7.75. The molecule has 0 aliphatic rings. The Morgan fingerprint density at radius 3 is 2.38 bits per heavy atom. The van der Waals surface area contributed by atoms with Crippen molar-refractivity contribution >= 4 is 33.8 Å². The van der Waals surface area contributed by atoms with Crippen LogP contribution in [-0.2, 0) is 4.18 Å². The van der Waals surface area contributed by atoms with Crippen molar-refractivity contribution in [2.75, 3.05) is 6.61 Å². The van der Waals surface area contributed by atoms with Crippen molar-refractivity contribution in [3.63, 3.8) is 0 Å². The normalized spacial score (nSPS) is 11.5. The minimum absolute atomic E-state index is 0.311. The number of Topliss-reactive ketones (excluding diaryl/α,β-unsaturated/α-hetero) is 1. The second-order valence-corrected chi connectivity index (χ2v) is 4.50. The Morgan fingerprint density at radius 2 is 1.88 bits per heavy atom. The Balaban J connectivity index is 2.44. The van der Waals surface area contributed by atoms with Crippen LogP contribution < -0.4 is 0 Å². The van der Waals surface area contributed by atoms with E-state index >= 15 is 0 Å². The standard InChI is InChI=1S/C9H6BrF3O2S/c10-7-3-1-6(2-4-7)8(14)5-15-16-9(11,12)13/h1-4H,5H2. The molecule has 0 atom stereocenters. The van der Waals surface area contributed by atoms with Crippen LogP contribution >= 0.6 is 28.0 Å². The summed E-state index contributed by atoms with van der Waals surface area (Å²) in [4.78, 5) is 11.3. The van der Waals surface area contributed by atoms with Crippen molar-refractivity contribution in [2.45, 2.75) is 5.51 Å². The lowest BCUT2D eigenvalue weighted by Gasteiger charge is -2.05. The van der Waals surface area contributed by atoms with Gasteiger partial charge in [-0.3, -0.25) is 8.98 Å². The molecule has 0 fully saturated rings. The highest BCUT2D eigenvalue weighted by Gasteiger charge is 2.30. The highest BCUT2D eigenvalue weighted by atomic mass is 79.9. The first-order valence-corrected chi connectivity index (χ1v) is 5.58. The van der Waals surface area contributed by atoms with Crippen LogP contribution in [0.3, 0.4) is 0 Å². The lowest BCUT2D eigenvalue weighted by Crippen LogP contribution is -2.09. The molecule has 1 rings (SSSR count). The number of hydrogen-bond acceptors (Lipinski definition) is 3. The van der Waals surface area contributed by atoms with Gasteiger partial charge in [-0.25, -0.2) is 0 Å². The van der Waals surface area contributed by atoms with Gasteiger partial charge in [-0.15, -0.1) is 0 Å². The predicted molar refractivity (Wildman–Crippen MR) is 58.1 cm³/mol. The molecule has 0 aromatic heterocycles. The number of carbonyl (C=O) groups is 1. The molecule has 0 saturated carbocycles. The molecule has 2 nitrogen and oxygen atoms in total. The van der Waals surface area contributed by atoms with E-state index in [1.54, 1.807) is 12.1 Å². The number of halogens is 4. The first-order chi connectivity index (χ1) is 7.38. The van der Waals surface area contributed by atoms with E-state index in [1.165, 1.54) is 12.1 Å². The smallest absolute Gasteiger partial charge is 0.300 e. The van der Waals surface area contributed by atoms with Gasteiger partial charge in [0.2, 0.25) is 0 Å².